The molecule has 15 rings (SSSR count). The molecule has 1 saturated carbocycles. The van der Waals surface area contributed by atoms with E-state index in [-0.39, 0.29) is 102 Å². The second-order valence-corrected chi connectivity index (χ2v) is 34.0. The average Bonchev–Trinajstić information content (AvgIpc) is 1.57. The fraction of sp³-hybridized carbons (Fsp3) is 0.386. The number of piperazine rings is 1. The van der Waals surface area contributed by atoms with Gasteiger partial charge in [0.05, 0.1) is 70.2 Å². The molecule has 24 nitrogen and oxygen atoms in total. The summed E-state index contributed by atoms with van der Waals surface area (Å²) in [5.74, 6) is 1.58. The molecule has 604 valence electrons. The number of likely N-dealkylation sites (tertiary alicyclic amines) is 3. The number of fused-ring (bicyclic) bond motifs is 4. The van der Waals surface area contributed by atoms with Gasteiger partial charge >= 0.3 is 0 Å². The Balaban J connectivity index is 0.000000152. The minimum Gasteiger partial charge on any atom is -0.496 e. The van der Waals surface area contributed by atoms with Gasteiger partial charge in [0.25, 0.3) is 17.7 Å². The number of hydrogen-bond donors (Lipinski definition) is 2. The number of nitrogens with one attached hydrogen (secondary N) is 2. The maximum absolute atomic E-state index is 14.3. The molecule has 6 aliphatic rings. The number of rotatable bonds is 24. The van der Waals surface area contributed by atoms with E-state index in [2.05, 4.69) is 73.3 Å². The number of benzene rings is 4. The number of hydrogen-bond acceptors (Lipinski definition) is 15. The molecule has 116 heavy (non-hydrogen) atoms. The summed E-state index contributed by atoms with van der Waals surface area (Å²) in [7, 11) is 1.67. The van der Waals surface area contributed by atoms with Crippen LogP contribution < -0.4 is 20.3 Å². The predicted molar refractivity (Wildman–Crippen MR) is 454 cm³/mol. The molecule has 0 bridgehead atoms. The number of Topliss-reactive ketones (excluding diaryl/α,β-unsaturated/α-hetero) is 2. The molecule has 7 amide bonds. The van der Waals surface area contributed by atoms with Gasteiger partial charge in [-0.3, -0.25) is 43.2 Å². The van der Waals surface area contributed by atoms with Gasteiger partial charge < -0.3 is 58.5 Å². The van der Waals surface area contributed by atoms with E-state index in [0.717, 1.165) is 112 Å². The van der Waals surface area contributed by atoms with Crippen LogP contribution in [0, 0.1) is 50.9 Å². The van der Waals surface area contributed by atoms with Gasteiger partial charge in [0, 0.05) is 192 Å². The van der Waals surface area contributed by atoms with E-state index in [1.54, 1.807) is 51.6 Å². The molecule has 5 aromatic heterocycles. The molecule has 2 N–H and O–H groups in total. The second-order valence-electron chi connectivity index (χ2n) is 30.9. The summed E-state index contributed by atoms with van der Waals surface area (Å²) >= 11 is 18.2. The van der Waals surface area contributed by atoms with Crippen LogP contribution in [0.5, 0.6) is 5.75 Å². The zero-order valence-corrected chi connectivity index (χ0v) is 70.3. The minimum absolute atomic E-state index is 0.0289. The highest BCUT2D eigenvalue weighted by Crippen LogP contribution is 2.47. The van der Waals surface area contributed by atoms with Gasteiger partial charge in [-0.15, -0.1) is 11.3 Å². The molecule has 0 radical (unpaired) electrons. The van der Waals surface area contributed by atoms with Crippen LogP contribution in [-0.4, -0.2) is 192 Å². The zero-order valence-electron chi connectivity index (χ0n) is 66.4. The van der Waals surface area contributed by atoms with Crippen LogP contribution in [-0.2, 0) is 74.2 Å². The van der Waals surface area contributed by atoms with Gasteiger partial charge in [-0.1, -0.05) is 77.9 Å². The number of ether oxygens (including phenoxy) is 1. The highest BCUT2D eigenvalue weighted by atomic mass is 79.9. The van der Waals surface area contributed by atoms with Crippen LogP contribution in [0.3, 0.4) is 0 Å². The van der Waals surface area contributed by atoms with Crippen molar-refractivity contribution in [1.82, 2.24) is 58.8 Å². The van der Waals surface area contributed by atoms with Crippen molar-refractivity contribution in [2.45, 2.75) is 131 Å². The van der Waals surface area contributed by atoms with Crippen molar-refractivity contribution in [3.8, 4) is 11.8 Å². The van der Waals surface area contributed by atoms with Crippen molar-refractivity contribution >= 4 is 142 Å². The van der Waals surface area contributed by atoms with Crippen molar-refractivity contribution in [3.63, 3.8) is 0 Å². The number of aromatic nitrogens is 5. The zero-order chi connectivity index (χ0) is 82.7. The fourth-order valence-electron chi connectivity index (χ4n) is 16.7. The molecule has 5 fully saturated rings. The van der Waals surface area contributed by atoms with E-state index >= 15 is 0 Å². The van der Waals surface area contributed by atoms with E-state index in [9.17, 15) is 43.2 Å². The summed E-state index contributed by atoms with van der Waals surface area (Å²) in [4.78, 5) is 137. The molecule has 1 unspecified atom stereocenters. The summed E-state index contributed by atoms with van der Waals surface area (Å²) in [5, 5.41) is 19.6. The first-order valence-corrected chi connectivity index (χ1v) is 41.6. The standard InChI is InChI=1S/C32H35ClN6O3.C31H33ClN4O4.C25H27BrN4O3S/c1-5-27-30(32(42)38-10-9-36(16-21(38)4)28-8-7-22(14-34)15-35-28)26-13-24(33)11-20(3)31(26)39(27)19-25(40)12-23-17-37(18-23)29(41)6-2;1-4-27(38)35-15-22(16-35)33-26(37)17-36-29-18(2)12-21(32)13-24(29)28(30(36)19-8-9-19)31(39)34-11-10-23-20(14-34)6-5-7-25(23)40-3;1-4-24(32)30-11-17(12-30)9-19(31)13-29-14-21(20-10-18(26)5-6-22(20)29)25(33)27-8-7-23-28-15(2)16(3)34-23/h6-8,11,13,15,21,23H,2,5,9-10,12,16-19H2,1,3-4H3;4-7,12-13,19,22H,1,8-11,14-17H2,2-3H3,(H,33,37);4-6,10,14,17H,1,7-9,11-13H2,2-3H3,(H,27,33). The third-order valence-corrected chi connectivity index (χ3v) is 24.8. The lowest BCUT2D eigenvalue weighted by Gasteiger charge is -2.40. The number of aryl methyl sites for hydroxylation is 4. The number of thiazole rings is 1. The Morgan fingerprint density at radius 3 is 1.92 bits per heavy atom. The monoisotopic (exact) mass is 1690 g/mol. The maximum atomic E-state index is 14.3. The Hall–Kier alpha value is -10.7. The lowest BCUT2D eigenvalue weighted by atomic mass is 9.94. The number of carbonyl (C=O) groups excluding carboxylic acids is 9. The van der Waals surface area contributed by atoms with Gasteiger partial charge in [0.2, 0.25) is 23.6 Å². The smallest absolute Gasteiger partial charge is 0.256 e. The molecule has 9 aromatic rings. The van der Waals surface area contributed by atoms with Crippen molar-refractivity contribution in [2.75, 3.05) is 84.0 Å². The van der Waals surface area contributed by atoms with Crippen LogP contribution in [0.4, 0.5) is 5.82 Å². The topological polar surface area (TPSA) is 271 Å². The van der Waals surface area contributed by atoms with Crippen LogP contribution in [0.1, 0.15) is 131 Å². The first-order valence-electron chi connectivity index (χ1n) is 39.2. The van der Waals surface area contributed by atoms with Crippen LogP contribution in [0.15, 0.2) is 128 Å². The Bertz CT molecular complexity index is 5460. The van der Waals surface area contributed by atoms with Crippen molar-refractivity contribution in [2.24, 2.45) is 11.8 Å². The predicted octanol–water partition coefficient (Wildman–Crippen LogP) is 12.6. The number of pyridine rings is 1. The molecule has 5 aliphatic heterocycles. The maximum Gasteiger partial charge on any atom is 0.256 e. The Kier molecular flexibility index (Phi) is 25.7. The second kappa shape index (κ2) is 35.8. The first kappa shape index (κ1) is 83.2. The molecule has 0 spiro atoms. The number of halogens is 3. The number of nitriles is 1. The highest BCUT2D eigenvalue weighted by Gasteiger charge is 2.40. The minimum atomic E-state index is -0.170. The Morgan fingerprint density at radius 2 is 1.34 bits per heavy atom. The van der Waals surface area contributed by atoms with Gasteiger partial charge in [0.15, 0.2) is 11.6 Å². The Morgan fingerprint density at radius 1 is 0.716 bits per heavy atom. The van der Waals surface area contributed by atoms with Crippen LogP contribution in [0.25, 0.3) is 32.7 Å². The molecule has 4 saturated heterocycles. The van der Waals surface area contributed by atoms with E-state index in [4.69, 9.17) is 33.2 Å². The van der Waals surface area contributed by atoms with Gasteiger partial charge in [-0.2, -0.15) is 5.26 Å². The number of amides is 7. The number of carbonyl (C=O) groups is 9. The number of ketones is 2. The largest absolute Gasteiger partial charge is 0.496 e. The van der Waals surface area contributed by atoms with Crippen LogP contribution in [0.2, 0.25) is 10.0 Å². The molecular formula is C88H95BrCl2N14O10S. The van der Waals surface area contributed by atoms with E-state index < -0.39 is 0 Å². The van der Waals surface area contributed by atoms with Gasteiger partial charge in [0.1, 0.15) is 24.2 Å². The average molecular weight is 1690 g/mol. The molecule has 28 heteroatoms. The lowest BCUT2D eigenvalue weighted by Crippen LogP contribution is -2.61. The van der Waals surface area contributed by atoms with E-state index in [1.807, 2.05) is 126 Å². The summed E-state index contributed by atoms with van der Waals surface area (Å²) in [5.41, 5.74) is 11.8. The third-order valence-electron chi connectivity index (χ3n) is 22.7. The molecule has 10 heterocycles. The van der Waals surface area contributed by atoms with Crippen molar-refractivity contribution < 1.29 is 47.9 Å². The SMILES string of the molecule is C=CC(=O)N1CC(CC(=O)Cn2c(CC)c(C(=O)N3CCN(c4ccc(C#N)cn4)CC3C)c3cc(Cl)cc(C)c32)C1.C=CC(=O)N1CC(CC(=O)Cn2cc(C(=O)NCCc3nc(C)c(C)s3)c3cc(Br)ccc32)C1.C=CC(=O)N1CC(NC(=O)Cn2c(C3CC3)c(C(=O)N3CCc4c(cccc4OC)C3)c3cc(Cl)cc(C)c32)C1. The van der Waals surface area contributed by atoms with Crippen molar-refractivity contribution in [1.29, 1.82) is 5.26 Å². The lowest BCUT2D eigenvalue weighted by molar-refractivity contribution is -0.134. The summed E-state index contributed by atoms with van der Waals surface area (Å²) in [6.07, 6.45) is 11.9. The first-order chi connectivity index (χ1) is 55.7. The normalized spacial score (nSPS) is 16.1. The van der Waals surface area contributed by atoms with Gasteiger partial charge in [-0.25, -0.2) is 9.97 Å². The van der Waals surface area contributed by atoms with Gasteiger partial charge in [-0.05, 0) is 156 Å². The summed E-state index contributed by atoms with van der Waals surface area (Å²) in [6, 6.07) is 24.7. The molecule has 1 atom stereocenters. The molecule has 4 aromatic carbocycles. The van der Waals surface area contributed by atoms with E-state index in [0.29, 0.717) is 137 Å². The molecule has 1 aliphatic carbocycles. The molecular weight excluding hydrogens is 1600 g/mol. The highest BCUT2D eigenvalue weighted by molar-refractivity contribution is 9.10. The quantitative estimate of drug-likeness (QED) is 0.0533. The third kappa shape index (κ3) is 18.0. The summed E-state index contributed by atoms with van der Waals surface area (Å²) < 4.78 is 12.3. The fourth-order valence-corrected chi connectivity index (χ4v) is 18.6. The number of anilines is 1. The number of methoxy groups -OCH3 is 1. The summed E-state index contributed by atoms with van der Waals surface area (Å²) in [6.45, 7) is 29.5. The number of nitrogens with zero attached hydrogens (tertiary/aromatic N) is 12. The Labute approximate surface area is 696 Å². The van der Waals surface area contributed by atoms with E-state index in [1.165, 1.54) is 23.1 Å². The van der Waals surface area contributed by atoms with Crippen LogP contribution >= 0.6 is 50.5 Å². The van der Waals surface area contributed by atoms with Crippen molar-refractivity contribution in [3.05, 3.63) is 209 Å².